The predicted molar refractivity (Wildman–Crippen MR) is 206 cm³/mol. The van der Waals surface area contributed by atoms with E-state index in [-0.39, 0.29) is 45.8 Å². The second-order valence-electron chi connectivity index (χ2n) is 15.7. The molecule has 3 saturated carbocycles. The van der Waals surface area contributed by atoms with Gasteiger partial charge >= 0.3 is 36.2 Å². The van der Waals surface area contributed by atoms with Crippen molar-refractivity contribution >= 4 is 36.2 Å². The summed E-state index contributed by atoms with van der Waals surface area (Å²) in [5.41, 5.74) is -5.02. The number of rotatable bonds is 11. The fourth-order valence-corrected chi connectivity index (χ4v) is 5.00. The van der Waals surface area contributed by atoms with Crippen LogP contribution in [0.1, 0.15) is 110 Å². The number of carbonyl (C=O) groups is 6. The van der Waals surface area contributed by atoms with Gasteiger partial charge in [0, 0.05) is 17.8 Å². The summed E-state index contributed by atoms with van der Waals surface area (Å²) in [5.74, 6) is -2.32. The molecular formula is C39H67N3O12. The minimum Gasteiger partial charge on any atom is -0.479 e. The lowest BCUT2D eigenvalue weighted by Crippen LogP contribution is -2.47. The third kappa shape index (κ3) is 15.1. The van der Waals surface area contributed by atoms with Gasteiger partial charge in [0.25, 0.3) is 0 Å². The molecule has 3 amide bonds. The number of esters is 2. The first-order valence-corrected chi connectivity index (χ1v) is 17.2. The van der Waals surface area contributed by atoms with Crippen molar-refractivity contribution in [1.82, 2.24) is 16.0 Å². The van der Waals surface area contributed by atoms with Gasteiger partial charge in [-0.05, 0) is 95.4 Å². The lowest BCUT2D eigenvalue weighted by molar-refractivity contribution is -0.148. The number of aliphatic carboxylic acids is 1. The van der Waals surface area contributed by atoms with Gasteiger partial charge in [-0.2, -0.15) is 0 Å². The molecule has 3 rings (SSSR count). The van der Waals surface area contributed by atoms with Gasteiger partial charge in [0.2, 0.25) is 0 Å². The van der Waals surface area contributed by atoms with Gasteiger partial charge < -0.3 is 44.7 Å². The van der Waals surface area contributed by atoms with Gasteiger partial charge in [-0.25, -0.2) is 28.8 Å². The third-order valence-electron chi connectivity index (χ3n) is 7.73. The Hall–Kier alpha value is -4.56. The molecule has 0 aliphatic heterocycles. The molecule has 310 valence electrons. The van der Waals surface area contributed by atoms with Crippen LogP contribution < -0.4 is 16.0 Å². The third-order valence-corrected chi connectivity index (χ3v) is 7.73. The van der Waals surface area contributed by atoms with Crippen LogP contribution >= 0.6 is 0 Å². The summed E-state index contributed by atoms with van der Waals surface area (Å²) >= 11 is 0. The smallest absolute Gasteiger partial charge is 0.408 e. The molecule has 0 unspecified atom stereocenters. The Morgan fingerprint density at radius 3 is 1.00 bits per heavy atom. The number of amides is 3. The quantitative estimate of drug-likeness (QED) is 0.0968. The maximum absolute atomic E-state index is 11.9. The molecule has 3 aliphatic carbocycles. The number of nitrogens with one attached hydrogen (secondary N) is 3. The molecule has 0 aromatic carbocycles. The lowest BCUT2D eigenvalue weighted by Gasteiger charge is -2.23. The van der Waals surface area contributed by atoms with Gasteiger partial charge in [-0.3, -0.25) is 0 Å². The topological polar surface area (TPSA) is 205 Å². The van der Waals surface area contributed by atoms with Crippen molar-refractivity contribution in [3.8, 4) is 0 Å². The minimum atomic E-state index is -1.22. The molecule has 4 N–H and O–H groups in total. The highest BCUT2D eigenvalue weighted by molar-refractivity contribution is 5.91. The van der Waals surface area contributed by atoms with Crippen molar-refractivity contribution in [1.29, 1.82) is 0 Å². The zero-order valence-electron chi connectivity index (χ0n) is 32.6. The molecule has 15 heteroatoms. The van der Waals surface area contributed by atoms with Crippen molar-refractivity contribution in [2.24, 2.45) is 17.8 Å². The molecule has 0 heterocycles. The van der Waals surface area contributed by atoms with Crippen molar-refractivity contribution in [2.75, 3.05) is 13.2 Å². The molecule has 3 aliphatic rings. The van der Waals surface area contributed by atoms with Crippen molar-refractivity contribution < 1.29 is 57.6 Å². The van der Waals surface area contributed by atoms with Crippen molar-refractivity contribution in [2.45, 2.75) is 144 Å². The SMILES string of the molecule is C.C.C=C[C@@H]1C[C@]1(NC(=O)OC(C)(C)C)C(=O)OCC.C=C[C@H]1C[C@@]1(NC(=O)OC(C)(C)C)C(=O)O.C=C[C@H]1C[C@@]1(NC(=O)OC(C)(C)C)C(=O)OCC. The Kier molecular flexibility index (Phi) is 18.8. The Morgan fingerprint density at radius 1 is 0.574 bits per heavy atom. The number of alkyl carbamates (subject to hydrolysis) is 3. The first-order chi connectivity index (χ1) is 23.7. The number of ether oxygens (including phenoxy) is 5. The van der Waals surface area contributed by atoms with Crippen LogP contribution in [0.4, 0.5) is 14.4 Å². The first kappa shape index (κ1) is 51.5. The van der Waals surface area contributed by atoms with E-state index in [9.17, 15) is 28.8 Å². The van der Waals surface area contributed by atoms with E-state index < -0.39 is 69.6 Å². The first-order valence-electron chi connectivity index (χ1n) is 17.2. The summed E-state index contributed by atoms with van der Waals surface area (Å²) < 4.78 is 25.2. The monoisotopic (exact) mass is 769 g/mol. The average molecular weight is 770 g/mol. The fourth-order valence-electron chi connectivity index (χ4n) is 5.00. The van der Waals surface area contributed by atoms with Crippen LogP contribution in [0.25, 0.3) is 0 Å². The molecule has 0 saturated heterocycles. The molecule has 54 heavy (non-hydrogen) atoms. The van der Waals surface area contributed by atoms with Gasteiger partial charge in [0.1, 0.15) is 33.4 Å². The zero-order chi connectivity index (χ0) is 40.5. The van der Waals surface area contributed by atoms with Crippen LogP contribution in [0, 0.1) is 17.8 Å². The van der Waals surface area contributed by atoms with E-state index in [0.717, 1.165) is 0 Å². The van der Waals surface area contributed by atoms with Gasteiger partial charge in [-0.1, -0.05) is 33.1 Å². The predicted octanol–water partition coefficient (Wildman–Crippen LogP) is 6.85. The zero-order valence-corrected chi connectivity index (χ0v) is 32.6. The lowest BCUT2D eigenvalue weighted by atomic mass is 10.2. The number of hydrogen-bond acceptors (Lipinski definition) is 11. The van der Waals surface area contributed by atoms with Crippen LogP contribution in [0.3, 0.4) is 0 Å². The number of hydrogen-bond donors (Lipinski definition) is 4. The number of carboxylic acid groups (broad SMARTS) is 1. The van der Waals surface area contributed by atoms with E-state index >= 15 is 0 Å². The van der Waals surface area contributed by atoms with E-state index in [1.54, 1.807) is 88.3 Å². The Labute approximate surface area is 322 Å². The van der Waals surface area contributed by atoms with E-state index in [2.05, 4.69) is 35.7 Å². The maximum atomic E-state index is 11.9. The van der Waals surface area contributed by atoms with E-state index in [0.29, 0.717) is 19.3 Å². The molecule has 3 fully saturated rings. The van der Waals surface area contributed by atoms with E-state index in [1.165, 1.54) is 6.08 Å². The Bertz CT molecular complexity index is 1310. The fraction of sp³-hybridized carbons (Fsp3) is 0.692. The summed E-state index contributed by atoms with van der Waals surface area (Å²) in [6.07, 6.45) is 4.28. The second-order valence-corrected chi connectivity index (χ2v) is 15.7. The Morgan fingerprint density at radius 2 is 0.815 bits per heavy atom. The van der Waals surface area contributed by atoms with Crippen molar-refractivity contribution in [3.63, 3.8) is 0 Å². The average Bonchev–Trinajstić information content (AvgIpc) is 3.90. The van der Waals surface area contributed by atoms with E-state index in [4.69, 9.17) is 28.8 Å². The maximum Gasteiger partial charge on any atom is 0.408 e. The Balaban J connectivity index is 0. The molecule has 0 aromatic heterocycles. The highest BCUT2D eigenvalue weighted by Gasteiger charge is 2.63. The number of carboxylic acids is 1. The van der Waals surface area contributed by atoms with Crippen LogP contribution in [-0.4, -0.2) is 87.9 Å². The van der Waals surface area contributed by atoms with Crippen molar-refractivity contribution in [3.05, 3.63) is 38.0 Å². The van der Waals surface area contributed by atoms with Gasteiger partial charge in [0.15, 0.2) is 0 Å². The highest BCUT2D eigenvalue weighted by atomic mass is 16.6. The molecule has 15 nitrogen and oxygen atoms in total. The largest absolute Gasteiger partial charge is 0.479 e. The molecular weight excluding hydrogens is 702 g/mol. The van der Waals surface area contributed by atoms with Gasteiger partial charge in [0.05, 0.1) is 13.2 Å². The summed E-state index contributed by atoms with van der Waals surface area (Å²) in [4.78, 5) is 69.6. The normalized spacial score (nSPS) is 25.7. The summed E-state index contributed by atoms with van der Waals surface area (Å²) in [7, 11) is 0. The molecule has 0 bridgehead atoms. The van der Waals surface area contributed by atoms with Crippen LogP contribution in [0.2, 0.25) is 0 Å². The minimum absolute atomic E-state index is 0. The second kappa shape index (κ2) is 19.7. The molecule has 0 radical (unpaired) electrons. The van der Waals surface area contributed by atoms with E-state index in [1.807, 2.05) is 0 Å². The summed E-state index contributed by atoms with van der Waals surface area (Å²) in [5, 5.41) is 16.6. The summed E-state index contributed by atoms with van der Waals surface area (Å²) in [6, 6.07) is 0. The number of carbonyl (C=O) groups excluding carboxylic acids is 5. The standard InChI is InChI=1S/2C13H21NO4.C11H17NO4.2CH4/c2*1-6-9-8-13(9,10(15)17-7-2)14-11(16)18-12(3,4)5;1-5-7-6-11(7,8(13)14)12-9(15)16-10(2,3)4;;/h2*6,9H,1,7-8H2,2-5H3,(H,14,16);5,7H,1,6H2,2-4H3,(H,12,15)(H,13,14);2*1H4/t2*9-,13-;7-,11-;;/m100../s1. The molecule has 0 spiro atoms. The molecule has 6 atom stereocenters. The van der Waals surface area contributed by atoms with Gasteiger partial charge in [-0.15, -0.1) is 19.7 Å². The van der Waals surface area contributed by atoms with Crippen LogP contribution in [0.15, 0.2) is 38.0 Å². The highest BCUT2D eigenvalue weighted by Crippen LogP contribution is 2.47. The van der Waals surface area contributed by atoms with Crippen LogP contribution in [0.5, 0.6) is 0 Å². The van der Waals surface area contributed by atoms with Crippen LogP contribution in [-0.2, 0) is 38.1 Å². The summed E-state index contributed by atoms with van der Waals surface area (Å²) in [6.45, 7) is 30.6. The molecule has 0 aromatic rings.